The second kappa shape index (κ2) is 3.44. The van der Waals surface area contributed by atoms with Crippen LogP contribution in [0.3, 0.4) is 0 Å². The van der Waals surface area contributed by atoms with Gasteiger partial charge in [0.2, 0.25) is 0 Å². The van der Waals surface area contributed by atoms with E-state index in [0.29, 0.717) is 5.41 Å². The number of allylic oxidation sites excluding steroid dienone is 2. The lowest BCUT2D eigenvalue weighted by Crippen LogP contribution is -2.48. The highest BCUT2D eigenvalue weighted by atomic mass is 15.2. The number of hydrogen-bond acceptors (Lipinski definition) is 2. The summed E-state index contributed by atoms with van der Waals surface area (Å²) < 4.78 is 2.07. The quantitative estimate of drug-likeness (QED) is 0.729. The van der Waals surface area contributed by atoms with Crippen LogP contribution in [0.2, 0.25) is 0 Å². The van der Waals surface area contributed by atoms with Gasteiger partial charge in [-0.15, -0.1) is 10.2 Å². The predicted octanol–water partition coefficient (Wildman–Crippen LogP) is 2.66. The standard InChI is InChI=1S/C13H19N3/c1-13(2)11-4-3-10(12(13)7-11)5-6-16-8-14-15-9-16/h3,8-9,11-12H,4-7H2,1-2H3/t11-,12-/m0/s1. The average molecular weight is 217 g/mol. The molecule has 4 rings (SSSR count). The Kier molecular flexibility index (Phi) is 2.16. The molecule has 0 aromatic carbocycles. The lowest BCUT2D eigenvalue weighted by atomic mass is 9.48. The zero-order valence-corrected chi connectivity index (χ0v) is 10.1. The molecule has 0 unspecified atom stereocenters. The summed E-state index contributed by atoms with van der Waals surface area (Å²) in [5, 5.41) is 7.67. The monoisotopic (exact) mass is 217 g/mol. The van der Waals surface area contributed by atoms with E-state index >= 15 is 0 Å². The molecule has 0 N–H and O–H groups in total. The maximum atomic E-state index is 3.84. The number of aromatic nitrogens is 3. The van der Waals surface area contributed by atoms with Crippen LogP contribution in [0.15, 0.2) is 24.3 Å². The van der Waals surface area contributed by atoms with Gasteiger partial charge in [-0.3, -0.25) is 0 Å². The molecule has 0 saturated heterocycles. The van der Waals surface area contributed by atoms with Gasteiger partial charge in [-0.1, -0.05) is 25.5 Å². The van der Waals surface area contributed by atoms with Crippen molar-refractivity contribution in [1.29, 1.82) is 0 Å². The van der Waals surface area contributed by atoms with E-state index in [1.165, 1.54) is 19.3 Å². The third-order valence-electron chi connectivity index (χ3n) is 4.71. The Morgan fingerprint density at radius 1 is 1.38 bits per heavy atom. The molecule has 0 amide bonds. The molecular formula is C13H19N3. The maximum Gasteiger partial charge on any atom is 0.119 e. The fourth-order valence-electron chi connectivity index (χ4n) is 3.35. The van der Waals surface area contributed by atoms with Gasteiger partial charge in [-0.2, -0.15) is 0 Å². The largest absolute Gasteiger partial charge is 0.320 e. The SMILES string of the molecule is CC1(C)[C@H]2CC=C(CCn3cnnc3)[C@@H]1C2. The molecule has 3 heteroatoms. The van der Waals surface area contributed by atoms with E-state index < -0.39 is 0 Å². The van der Waals surface area contributed by atoms with Crippen molar-refractivity contribution in [3.63, 3.8) is 0 Å². The predicted molar refractivity (Wildman–Crippen MR) is 62.7 cm³/mol. The first-order valence-electron chi connectivity index (χ1n) is 6.19. The van der Waals surface area contributed by atoms with Crippen molar-refractivity contribution in [2.45, 2.75) is 39.7 Å². The Bertz CT molecular complexity index is 403. The first kappa shape index (κ1) is 10.1. The van der Waals surface area contributed by atoms with Gasteiger partial charge in [-0.25, -0.2) is 0 Å². The smallest absolute Gasteiger partial charge is 0.119 e. The minimum atomic E-state index is 0.553. The fourth-order valence-corrected chi connectivity index (χ4v) is 3.35. The summed E-state index contributed by atoms with van der Waals surface area (Å²) in [6, 6.07) is 0. The van der Waals surface area contributed by atoms with Crippen molar-refractivity contribution in [1.82, 2.24) is 14.8 Å². The van der Waals surface area contributed by atoms with Gasteiger partial charge in [0.05, 0.1) is 0 Å². The number of hydrogen-bond donors (Lipinski definition) is 0. The molecule has 1 fully saturated rings. The van der Waals surface area contributed by atoms with E-state index in [4.69, 9.17) is 0 Å². The van der Waals surface area contributed by atoms with E-state index in [0.717, 1.165) is 18.4 Å². The van der Waals surface area contributed by atoms with E-state index in [2.05, 4.69) is 34.7 Å². The Labute approximate surface area is 96.6 Å². The van der Waals surface area contributed by atoms with Gasteiger partial charge in [0, 0.05) is 6.54 Å². The molecule has 0 radical (unpaired) electrons. The van der Waals surface area contributed by atoms with Crippen molar-refractivity contribution in [3.8, 4) is 0 Å². The van der Waals surface area contributed by atoms with Crippen molar-refractivity contribution >= 4 is 0 Å². The third-order valence-corrected chi connectivity index (χ3v) is 4.71. The maximum absolute atomic E-state index is 3.84. The van der Waals surface area contributed by atoms with Crippen LogP contribution in [-0.2, 0) is 6.54 Å². The number of nitrogens with zero attached hydrogens (tertiary/aromatic N) is 3. The lowest BCUT2D eigenvalue weighted by Gasteiger charge is -2.56. The van der Waals surface area contributed by atoms with Crippen molar-refractivity contribution in [3.05, 3.63) is 24.3 Å². The highest BCUT2D eigenvalue weighted by molar-refractivity contribution is 5.23. The van der Waals surface area contributed by atoms with Crippen LogP contribution >= 0.6 is 0 Å². The third kappa shape index (κ3) is 1.41. The zero-order valence-electron chi connectivity index (χ0n) is 10.1. The number of aryl methyl sites for hydroxylation is 1. The molecule has 3 aliphatic carbocycles. The van der Waals surface area contributed by atoms with Gasteiger partial charge >= 0.3 is 0 Å². The Balaban J connectivity index is 1.66. The topological polar surface area (TPSA) is 30.7 Å². The first-order chi connectivity index (χ1) is 7.68. The highest BCUT2D eigenvalue weighted by Crippen LogP contribution is 2.59. The van der Waals surface area contributed by atoms with E-state index in [1.807, 2.05) is 0 Å². The molecule has 1 heterocycles. The summed E-state index contributed by atoms with van der Waals surface area (Å²) in [5.74, 6) is 1.78. The second-order valence-electron chi connectivity index (χ2n) is 5.77. The van der Waals surface area contributed by atoms with E-state index in [-0.39, 0.29) is 0 Å². The first-order valence-corrected chi connectivity index (χ1v) is 6.19. The van der Waals surface area contributed by atoms with Crippen molar-refractivity contribution in [2.24, 2.45) is 17.3 Å². The minimum absolute atomic E-state index is 0.553. The number of fused-ring (bicyclic) bond motifs is 1. The molecule has 1 aromatic heterocycles. The molecule has 1 aromatic rings. The molecular weight excluding hydrogens is 198 g/mol. The molecule has 86 valence electrons. The van der Waals surface area contributed by atoms with Crippen LogP contribution in [0.25, 0.3) is 0 Å². The van der Waals surface area contributed by atoms with E-state index in [1.54, 1.807) is 18.2 Å². The summed E-state index contributed by atoms with van der Waals surface area (Å²) in [7, 11) is 0. The Morgan fingerprint density at radius 2 is 2.12 bits per heavy atom. The summed E-state index contributed by atoms with van der Waals surface area (Å²) in [4.78, 5) is 0. The summed E-state index contributed by atoms with van der Waals surface area (Å²) in [6.45, 7) is 5.88. The van der Waals surface area contributed by atoms with Crippen LogP contribution in [0.1, 0.15) is 33.1 Å². The molecule has 0 aliphatic heterocycles. The summed E-state index contributed by atoms with van der Waals surface area (Å²) >= 11 is 0. The number of rotatable bonds is 3. The molecule has 3 aliphatic rings. The molecule has 2 bridgehead atoms. The minimum Gasteiger partial charge on any atom is -0.320 e. The lowest BCUT2D eigenvalue weighted by molar-refractivity contribution is -0.00853. The summed E-state index contributed by atoms with van der Waals surface area (Å²) in [6.07, 6.45) is 9.96. The Hall–Kier alpha value is -1.12. The van der Waals surface area contributed by atoms with Crippen LogP contribution in [0.4, 0.5) is 0 Å². The van der Waals surface area contributed by atoms with Crippen molar-refractivity contribution in [2.75, 3.05) is 0 Å². The molecule has 1 saturated carbocycles. The molecule has 16 heavy (non-hydrogen) atoms. The van der Waals surface area contributed by atoms with E-state index in [9.17, 15) is 0 Å². The molecule has 0 spiro atoms. The fraction of sp³-hybridized carbons (Fsp3) is 0.692. The van der Waals surface area contributed by atoms with Crippen LogP contribution in [0, 0.1) is 17.3 Å². The normalized spacial score (nSPS) is 30.8. The zero-order chi connectivity index (χ0) is 11.2. The molecule has 3 nitrogen and oxygen atoms in total. The molecule has 2 atom stereocenters. The van der Waals surface area contributed by atoms with Gasteiger partial charge in [-0.05, 0) is 36.5 Å². The van der Waals surface area contributed by atoms with Crippen LogP contribution in [0.5, 0.6) is 0 Å². The van der Waals surface area contributed by atoms with Crippen molar-refractivity contribution < 1.29 is 0 Å². The van der Waals surface area contributed by atoms with Crippen LogP contribution in [-0.4, -0.2) is 14.8 Å². The Morgan fingerprint density at radius 3 is 2.75 bits per heavy atom. The van der Waals surface area contributed by atoms with Gasteiger partial charge in [0.25, 0.3) is 0 Å². The second-order valence-corrected chi connectivity index (χ2v) is 5.77. The summed E-state index contributed by atoms with van der Waals surface area (Å²) in [5.41, 5.74) is 2.22. The van der Waals surface area contributed by atoms with Crippen LogP contribution < -0.4 is 0 Å². The van der Waals surface area contributed by atoms with Gasteiger partial charge in [0.15, 0.2) is 0 Å². The highest BCUT2D eigenvalue weighted by Gasteiger charge is 2.50. The average Bonchev–Trinajstić information content (AvgIpc) is 2.79. The van der Waals surface area contributed by atoms with Gasteiger partial charge < -0.3 is 4.57 Å². The van der Waals surface area contributed by atoms with Gasteiger partial charge in [0.1, 0.15) is 12.7 Å².